The Morgan fingerprint density at radius 3 is 2.63 bits per heavy atom. The fraction of sp³-hybridized carbons (Fsp3) is 0.571. The molecule has 0 spiro atoms. The van der Waals surface area contributed by atoms with Crippen LogP contribution in [-0.2, 0) is 9.84 Å². The van der Waals surface area contributed by atoms with Crippen molar-refractivity contribution in [2.75, 3.05) is 17.7 Å². The minimum absolute atomic E-state index is 0.228. The van der Waals surface area contributed by atoms with Gasteiger partial charge in [0, 0.05) is 24.9 Å². The number of piperidine rings is 1. The average molecular weight is 282 g/mol. The van der Waals surface area contributed by atoms with Crippen LogP contribution >= 0.6 is 0 Å². The van der Waals surface area contributed by atoms with Crippen molar-refractivity contribution in [3.05, 3.63) is 24.3 Å². The fourth-order valence-electron chi connectivity index (χ4n) is 2.94. The smallest absolute Gasteiger partial charge is 0.177 e. The Kier molecular flexibility index (Phi) is 4.16. The number of benzene rings is 1. The van der Waals surface area contributed by atoms with Crippen LogP contribution in [0.2, 0.25) is 0 Å². The summed E-state index contributed by atoms with van der Waals surface area (Å²) < 4.78 is 23.9. The van der Waals surface area contributed by atoms with Crippen molar-refractivity contribution in [3.8, 4) is 0 Å². The minimum atomic E-state index is -3.22. The fourth-order valence-corrected chi connectivity index (χ4v) is 3.82. The van der Waals surface area contributed by atoms with Gasteiger partial charge >= 0.3 is 0 Å². The summed E-state index contributed by atoms with van der Waals surface area (Å²) >= 11 is 0. The summed E-state index contributed by atoms with van der Waals surface area (Å²) in [5.74, 6) is 0. The number of anilines is 1. The lowest BCUT2D eigenvalue weighted by Gasteiger charge is -2.42. The maximum Gasteiger partial charge on any atom is 0.177 e. The maximum absolute atomic E-state index is 11.9. The van der Waals surface area contributed by atoms with Crippen molar-refractivity contribution in [2.45, 2.75) is 43.2 Å². The van der Waals surface area contributed by atoms with Crippen molar-refractivity contribution in [1.82, 2.24) is 0 Å². The molecule has 0 radical (unpaired) electrons. The Bertz CT molecular complexity index is 542. The molecule has 0 amide bonds. The van der Waals surface area contributed by atoms with Crippen LogP contribution in [0.5, 0.6) is 0 Å². The highest BCUT2D eigenvalue weighted by Gasteiger charge is 2.30. The van der Waals surface area contributed by atoms with Crippen LogP contribution in [0.1, 0.15) is 26.2 Å². The van der Waals surface area contributed by atoms with Crippen LogP contribution in [0.15, 0.2) is 29.2 Å². The molecule has 1 aliphatic rings. The van der Waals surface area contributed by atoms with Gasteiger partial charge < -0.3 is 10.6 Å². The zero-order chi connectivity index (χ0) is 14.0. The molecule has 0 saturated carbocycles. The molecule has 1 aromatic rings. The zero-order valence-corrected chi connectivity index (χ0v) is 12.4. The van der Waals surface area contributed by atoms with E-state index >= 15 is 0 Å². The number of nitrogens with zero attached hydrogens (tertiary/aromatic N) is 1. The van der Waals surface area contributed by atoms with Crippen LogP contribution in [0, 0.1) is 0 Å². The second-order valence-electron chi connectivity index (χ2n) is 5.32. The molecule has 2 unspecified atom stereocenters. The zero-order valence-electron chi connectivity index (χ0n) is 11.5. The normalized spacial score (nSPS) is 24.5. The third-order valence-electron chi connectivity index (χ3n) is 3.84. The summed E-state index contributed by atoms with van der Waals surface area (Å²) in [6.45, 7) is 2.70. The lowest BCUT2D eigenvalue weighted by molar-refractivity contribution is 0.399. The third kappa shape index (κ3) is 2.92. The van der Waals surface area contributed by atoms with E-state index in [-0.39, 0.29) is 6.04 Å². The largest absolute Gasteiger partial charge is 0.364 e. The number of nitrogens with two attached hydrogens (primary N) is 1. The molecule has 1 aliphatic heterocycles. The summed E-state index contributed by atoms with van der Waals surface area (Å²) in [4.78, 5) is 2.60. The van der Waals surface area contributed by atoms with E-state index in [0.29, 0.717) is 17.5 Å². The first-order valence-corrected chi connectivity index (χ1v) is 8.61. The molecular formula is C14H22N2O2S. The average Bonchev–Trinajstić information content (AvgIpc) is 2.37. The molecule has 2 N–H and O–H groups in total. The second-order valence-corrected chi connectivity index (χ2v) is 7.30. The van der Waals surface area contributed by atoms with Crippen LogP contribution in [-0.4, -0.2) is 33.3 Å². The molecule has 19 heavy (non-hydrogen) atoms. The van der Waals surface area contributed by atoms with E-state index in [1.54, 1.807) is 12.1 Å². The van der Waals surface area contributed by atoms with Crippen LogP contribution < -0.4 is 10.6 Å². The summed E-state index contributed by atoms with van der Waals surface area (Å²) in [6.07, 6.45) is 4.52. The first-order valence-electron chi connectivity index (χ1n) is 6.72. The van der Waals surface area contributed by atoms with Gasteiger partial charge in [-0.1, -0.05) is 12.1 Å². The number of sulfone groups is 1. The Morgan fingerprint density at radius 2 is 2.00 bits per heavy atom. The number of para-hydroxylation sites is 1. The molecular weight excluding hydrogens is 260 g/mol. The van der Waals surface area contributed by atoms with E-state index in [2.05, 4.69) is 11.8 Å². The van der Waals surface area contributed by atoms with Gasteiger partial charge in [0.15, 0.2) is 9.84 Å². The molecule has 106 valence electrons. The topological polar surface area (TPSA) is 63.4 Å². The van der Waals surface area contributed by atoms with Crippen LogP contribution in [0.3, 0.4) is 0 Å². The molecule has 1 aromatic carbocycles. The lowest BCUT2D eigenvalue weighted by Crippen LogP contribution is -2.49. The summed E-state index contributed by atoms with van der Waals surface area (Å²) in [7, 11) is -3.22. The quantitative estimate of drug-likeness (QED) is 0.918. The second kappa shape index (κ2) is 5.51. The highest BCUT2D eigenvalue weighted by molar-refractivity contribution is 7.90. The van der Waals surface area contributed by atoms with E-state index in [9.17, 15) is 8.42 Å². The molecule has 1 fully saturated rings. The number of hydrogen-bond acceptors (Lipinski definition) is 4. The molecule has 1 heterocycles. The van der Waals surface area contributed by atoms with Gasteiger partial charge in [0.05, 0.1) is 10.6 Å². The van der Waals surface area contributed by atoms with Crippen molar-refractivity contribution in [3.63, 3.8) is 0 Å². The van der Waals surface area contributed by atoms with Crippen molar-refractivity contribution in [2.24, 2.45) is 5.73 Å². The van der Waals surface area contributed by atoms with E-state index in [0.717, 1.165) is 24.9 Å². The van der Waals surface area contributed by atoms with Crippen molar-refractivity contribution < 1.29 is 8.42 Å². The van der Waals surface area contributed by atoms with Gasteiger partial charge in [-0.05, 0) is 38.3 Å². The third-order valence-corrected chi connectivity index (χ3v) is 4.99. The Labute approximate surface area is 115 Å². The van der Waals surface area contributed by atoms with Gasteiger partial charge in [-0.3, -0.25) is 0 Å². The minimum Gasteiger partial charge on any atom is -0.364 e. The molecule has 5 heteroatoms. The summed E-state index contributed by atoms with van der Waals surface area (Å²) in [5.41, 5.74) is 6.66. The van der Waals surface area contributed by atoms with Crippen LogP contribution in [0.25, 0.3) is 0 Å². The highest BCUT2D eigenvalue weighted by Crippen LogP contribution is 2.33. The molecule has 4 nitrogen and oxygen atoms in total. The number of hydrogen-bond donors (Lipinski definition) is 1. The first-order chi connectivity index (χ1) is 8.95. The molecule has 2 atom stereocenters. The van der Waals surface area contributed by atoms with E-state index in [1.165, 1.54) is 6.26 Å². The SMILES string of the molecule is CC1CCCC(CN)N1c1ccccc1S(C)(=O)=O. The van der Waals surface area contributed by atoms with Gasteiger partial charge in [0.1, 0.15) is 0 Å². The molecule has 0 bridgehead atoms. The summed E-state index contributed by atoms with van der Waals surface area (Å²) in [5, 5.41) is 0. The van der Waals surface area contributed by atoms with Crippen molar-refractivity contribution in [1.29, 1.82) is 0 Å². The standard InChI is InChI=1S/C14H22N2O2S/c1-11-6-5-7-12(10-15)16(11)13-8-3-4-9-14(13)19(2,17)18/h3-4,8-9,11-12H,5-7,10,15H2,1-2H3. The van der Waals surface area contributed by atoms with Gasteiger partial charge in [-0.25, -0.2) is 8.42 Å². The molecule has 2 rings (SSSR count). The Hall–Kier alpha value is -1.07. The van der Waals surface area contributed by atoms with E-state index in [1.807, 2.05) is 12.1 Å². The van der Waals surface area contributed by atoms with Crippen molar-refractivity contribution >= 4 is 15.5 Å². The predicted molar refractivity (Wildman–Crippen MR) is 78.2 cm³/mol. The van der Waals surface area contributed by atoms with Gasteiger partial charge in [-0.2, -0.15) is 0 Å². The predicted octanol–water partition coefficient (Wildman–Crippen LogP) is 1.80. The highest BCUT2D eigenvalue weighted by atomic mass is 32.2. The van der Waals surface area contributed by atoms with Gasteiger partial charge in [-0.15, -0.1) is 0 Å². The Morgan fingerprint density at radius 1 is 1.32 bits per heavy atom. The summed E-state index contributed by atoms with van der Waals surface area (Å²) in [6, 6.07) is 7.78. The van der Waals surface area contributed by atoms with Crippen LogP contribution in [0.4, 0.5) is 5.69 Å². The maximum atomic E-state index is 11.9. The number of rotatable bonds is 3. The molecule has 0 aromatic heterocycles. The van der Waals surface area contributed by atoms with E-state index in [4.69, 9.17) is 5.73 Å². The monoisotopic (exact) mass is 282 g/mol. The Balaban J connectivity index is 2.50. The first kappa shape index (κ1) is 14.3. The molecule has 0 aliphatic carbocycles. The lowest BCUT2D eigenvalue weighted by atomic mass is 9.95. The van der Waals surface area contributed by atoms with E-state index < -0.39 is 9.84 Å². The molecule has 1 saturated heterocycles. The van der Waals surface area contributed by atoms with Gasteiger partial charge in [0.2, 0.25) is 0 Å². The van der Waals surface area contributed by atoms with Gasteiger partial charge in [0.25, 0.3) is 0 Å².